The van der Waals surface area contributed by atoms with Crippen molar-refractivity contribution in [1.29, 1.82) is 0 Å². The standard InChI is InChI=1S/C20H24N2O3/c1-5-18-16-9-7-6-8-14(16)12-22(18)20(23)21-17-10-15(24-3)11-19(25-4)13(17)2/h6-11,18H,5,12H2,1-4H3,(H,21,23). The number of amides is 2. The Hall–Kier alpha value is -2.69. The van der Waals surface area contributed by atoms with Gasteiger partial charge in [0.15, 0.2) is 0 Å². The van der Waals surface area contributed by atoms with Gasteiger partial charge in [-0.2, -0.15) is 0 Å². The number of carbonyl (C=O) groups excluding carboxylic acids is 1. The molecule has 2 aromatic rings. The topological polar surface area (TPSA) is 50.8 Å². The molecule has 1 aliphatic heterocycles. The molecule has 25 heavy (non-hydrogen) atoms. The largest absolute Gasteiger partial charge is 0.497 e. The van der Waals surface area contributed by atoms with E-state index in [0.29, 0.717) is 23.7 Å². The van der Waals surface area contributed by atoms with Crippen LogP contribution in [0.5, 0.6) is 11.5 Å². The number of rotatable bonds is 4. The smallest absolute Gasteiger partial charge is 0.322 e. The van der Waals surface area contributed by atoms with Crippen LogP contribution in [0.2, 0.25) is 0 Å². The van der Waals surface area contributed by atoms with Crippen LogP contribution in [0.15, 0.2) is 36.4 Å². The second-order valence-electron chi connectivity index (χ2n) is 6.18. The van der Waals surface area contributed by atoms with Crippen molar-refractivity contribution in [1.82, 2.24) is 4.90 Å². The molecule has 0 aromatic heterocycles. The van der Waals surface area contributed by atoms with Crippen LogP contribution in [0, 0.1) is 6.92 Å². The van der Waals surface area contributed by atoms with Crippen molar-refractivity contribution < 1.29 is 14.3 Å². The molecular formula is C20H24N2O3. The number of hydrogen-bond donors (Lipinski definition) is 1. The van der Waals surface area contributed by atoms with Gasteiger partial charge in [-0.25, -0.2) is 4.79 Å². The summed E-state index contributed by atoms with van der Waals surface area (Å²) in [5.41, 5.74) is 4.03. The van der Waals surface area contributed by atoms with Crippen molar-refractivity contribution in [3.8, 4) is 11.5 Å². The molecule has 2 amide bonds. The van der Waals surface area contributed by atoms with Crippen LogP contribution in [0.3, 0.4) is 0 Å². The first kappa shape index (κ1) is 17.1. The van der Waals surface area contributed by atoms with Gasteiger partial charge in [-0.05, 0) is 24.5 Å². The van der Waals surface area contributed by atoms with Crippen molar-refractivity contribution >= 4 is 11.7 Å². The van der Waals surface area contributed by atoms with Crippen molar-refractivity contribution in [3.63, 3.8) is 0 Å². The number of hydrogen-bond acceptors (Lipinski definition) is 3. The molecule has 1 heterocycles. The normalized spacial score (nSPS) is 15.7. The highest BCUT2D eigenvalue weighted by Gasteiger charge is 2.32. The highest BCUT2D eigenvalue weighted by molar-refractivity contribution is 5.91. The van der Waals surface area contributed by atoms with E-state index in [9.17, 15) is 4.79 Å². The molecule has 0 spiro atoms. The van der Waals surface area contributed by atoms with Gasteiger partial charge in [0, 0.05) is 24.2 Å². The van der Waals surface area contributed by atoms with E-state index < -0.39 is 0 Å². The lowest BCUT2D eigenvalue weighted by atomic mass is 10.0. The third-order valence-corrected chi connectivity index (χ3v) is 4.81. The molecule has 0 saturated heterocycles. The third kappa shape index (κ3) is 3.14. The molecule has 0 bridgehead atoms. The van der Waals surface area contributed by atoms with Crippen molar-refractivity contribution in [2.24, 2.45) is 0 Å². The van der Waals surface area contributed by atoms with Gasteiger partial charge < -0.3 is 19.7 Å². The highest BCUT2D eigenvalue weighted by Crippen LogP contribution is 2.37. The Kier molecular flexibility index (Phi) is 4.83. The van der Waals surface area contributed by atoms with Crippen LogP contribution in [0.1, 0.15) is 36.1 Å². The maximum Gasteiger partial charge on any atom is 0.322 e. The predicted octanol–water partition coefficient (Wildman–Crippen LogP) is 4.51. The average molecular weight is 340 g/mol. The first-order valence-corrected chi connectivity index (χ1v) is 8.47. The van der Waals surface area contributed by atoms with Crippen molar-refractivity contribution in [2.45, 2.75) is 32.9 Å². The fourth-order valence-corrected chi connectivity index (χ4v) is 3.43. The minimum atomic E-state index is -0.110. The summed E-state index contributed by atoms with van der Waals surface area (Å²) in [6, 6.07) is 11.9. The van der Waals surface area contributed by atoms with Crippen molar-refractivity contribution in [2.75, 3.05) is 19.5 Å². The van der Waals surface area contributed by atoms with Gasteiger partial charge in [-0.3, -0.25) is 0 Å². The summed E-state index contributed by atoms with van der Waals surface area (Å²) in [6.45, 7) is 4.65. The van der Waals surface area contributed by atoms with Crippen LogP contribution in [-0.4, -0.2) is 25.2 Å². The second kappa shape index (κ2) is 7.05. The summed E-state index contributed by atoms with van der Waals surface area (Å²) in [5, 5.41) is 3.03. The van der Waals surface area contributed by atoms with E-state index in [0.717, 1.165) is 12.0 Å². The van der Waals surface area contributed by atoms with Crippen LogP contribution in [-0.2, 0) is 6.54 Å². The Balaban J connectivity index is 1.86. The van der Waals surface area contributed by atoms with E-state index in [1.54, 1.807) is 14.2 Å². The third-order valence-electron chi connectivity index (χ3n) is 4.81. The number of anilines is 1. The van der Waals surface area contributed by atoms with Gasteiger partial charge in [0.05, 0.1) is 25.9 Å². The lowest BCUT2D eigenvalue weighted by Crippen LogP contribution is -2.33. The Bertz CT molecular complexity index is 789. The van der Waals surface area contributed by atoms with Gasteiger partial charge in [-0.1, -0.05) is 31.2 Å². The molecular weight excluding hydrogens is 316 g/mol. The number of carbonyl (C=O) groups is 1. The molecule has 2 aromatic carbocycles. The maximum absolute atomic E-state index is 12.9. The molecule has 132 valence electrons. The SMILES string of the molecule is CCC1c2ccccc2CN1C(=O)Nc1cc(OC)cc(OC)c1C. The number of ether oxygens (including phenoxy) is 2. The zero-order valence-corrected chi connectivity index (χ0v) is 15.1. The van der Waals surface area contributed by atoms with Gasteiger partial charge in [0.2, 0.25) is 0 Å². The monoisotopic (exact) mass is 340 g/mol. The zero-order valence-electron chi connectivity index (χ0n) is 15.1. The Morgan fingerprint density at radius 3 is 2.68 bits per heavy atom. The molecule has 1 aliphatic rings. The molecule has 5 nitrogen and oxygen atoms in total. The van der Waals surface area contributed by atoms with E-state index in [1.807, 2.05) is 36.1 Å². The summed E-state index contributed by atoms with van der Waals surface area (Å²) >= 11 is 0. The average Bonchev–Trinajstić information content (AvgIpc) is 3.02. The number of urea groups is 1. The first-order valence-electron chi connectivity index (χ1n) is 8.47. The fraction of sp³-hybridized carbons (Fsp3) is 0.350. The van der Waals surface area contributed by atoms with E-state index in [-0.39, 0.29) is 12.1 Å². The van der Waals surface area contributed by atoms with E-state index in [1.165, 1.54) is 11.1 Å². The van der Waals surface area contributed by atoms with E-state index in [4.69, 9.17) is 9.47 Å². The lowest BCUT2D eigenvalue weighted by molar-refractivity contribution is 0.192. The van der Waals surface area contributed by atoms with E-state index >= 15 is 0 Å². The first-order chi connectivity index (χ1) is 12.1. The summed E-state index contributed by atoms with van der Waals surface area (Å²) in [4.78, 5) is 14.8. The molecule has 1 atom stereocenters. The number of nitrogens with zero attached hydrogens (tertiary/aromatic N) is 1. The van der Waals surface area contributed by atoms with Crippen LogP contribution in [0.4, 0.5) is 10.5 Å². The molecule has 1 N–H and O–H groups in total. The summed E-state index contributed by atoms with van der Waals surface area (Å²) < 4.78 is 10.7. The quantitative estimate of drug-likeness (QED) is 0.891. The highest BCUT2D eigenvalue weighted by atomic mass is 16.5. The maximum atomic E-state index is 12.9. The van der Waals surface area contributed by atoms with E-state index in [2.05, 4.69) is 24.4 Å². The van der Waals surface area contributed by atoms with Crippen LogP contribution in [0.25, 0.3) is 0 Å². The molecule has 1 unspecified atom stereocenters. The van der Waals surface area contributed by atoms with Gasteiger partial charge in [0.25, 0.3) is 0 Å². The number of methoxy groups -OCH3 is 2. The summed E-state index contributed by atoms with van der Waals surface area (Å²) in [5.74, 6) is 1.33. The molecule has 5 heteroatoms. The van der Waals surface area contributed by atoms with Crippen LogP contribution < -0.4 is 14.8 Å². The lowest BCUT2D eigenvalue weighted by Gasteiger charge is -2.25. The minimum absolute atomic E-state index is 0.101. The van der Waals surface area contributed by atoms with Gasteiger partial charge >= 0.3 is 6.03 Å². The van der Waals surface area contributed by atoms with Gasteiger partial charge in [-0.15, -0.1) is 0 Å². The Morgan fingerprint density at radius 1 is 1.24 bits per heavy atom. The second-order valence-corrected chi connectivity index (χ2v) is 6.18. The molecule has 0 saturated carbocycles. The number of benzene rings is 2. The Labute approximate surface area is 148 Å². The number of fused-ring (bicyclic) bond motifs is 1. The van der Waals surface area contributed by atoms with Crippen LogP contribution >= 0.6 is 0 Å². The summed E-state index contributed by atoms with van der Waals surface area (Å²) in [6.07, 6.45) is 0.880. The Morgan fingerprint density at radius 2 is 2.00 bits per heavy atom. The van der Waals surface area contributed by atoms with Crippen molar-refractivity contribution in [3.05, 3.63) is 53.1 Å². The molecule has 0 fully saturated rings. The predicted molar refractivity (Wildman–Crippen MR) is 98.3 cm³/mol. The van der Waals surface area contributed by atoms with Gasteiger partial charge in [0.1, 0.15) is 11.5 Å². The molecule has 0 aliphatic carbocycles. The molecule has 3 rings (SSSR count). The minimum Gasteiger partial charge on any atom is -0.497 e. The zero-order chi connectivity index (χ0) is 18.0. The molecule has 0 radical (unpaired) electrons. The fourth-order valence-electron chi connectivity index (χ4n) is 3.43. The number of nitrogens with one attached hydrogen (secondary N) is 1. The summed E-state index contributed by atoms with van der Waals surface area (Å²) in [7, 11) is 3.21.